The topological polar surface area (TPSA) is 77.6 Å². The van der Waals surface area contributed by atoms with Crippen molar-refractivity contribution in [3.63, 3.8) is 0 Å². The van der Waals surface area contributed by atoms with Crippen LogP contribution in [0.1, 0.15) is 28.8 Å². The van der Waals surface area contributed by atoms with E-state index in [0.29, 0.717) is 6.54 Å². The molecule has 2 amide bonds. The maximum Gasteiger partial charge on any atom is 0.411 e. The fourth-order valence-corrected chi connectivity index (χ4v) is 6.02. The minimum absolute atomic E-state index is 0.0407. The van der Waals surface area contributed by atoms with Crippen molar-refractivity contribution in [3.8, 4) is 11.1 Å². The van der Waals surface area contributed by atoms with Crippen molar-refractivity contribution in [1.29, 1.82) is 0 Å². The van der Waals surface area contributed by atoms with E-state index in [2.05, 4.69) is 32.1 Å². The van der Waals surface area contributed by atoms with Gasteiger partial charge in [-0.15, -0.1) is 0 Å². The van der Waals surface area contributed by atoms with E-state index in [1.54, 1.807) is 12.0 Å². The van der Waals surface area contributed by atoms with Crippen LogP contribution in [0.25, 0.3) is 11.1 Å². The first-order valence-electron chi connectivity index (χ1n) is 16.1. The lowest BCUT2D eigenvalue weighted by Gasteiger charge is -2.34. The highest BCUT2D eigenvalue weighted by atomic mass is 16.6. The first-order chi connectivity index (χ1) is 22.0. The van der Waals surface area contributed by atoms with Gasteiger partial charge in [0, 0.05) is 90.7 Å². The summed E-state index contributed by atoms with van der Waals surface area (Å²) < 4.78 is 11.0. The molecule has 0 aliphatic carbocycles. The summed E-state index contributed by atoms with van der Waals surface area (Å²) in [6, 6.07) is 25.8. The van der Waals surface area contributed by atoms with E-state index in [1.807, 2.05) is 73.8 Å². The van der Waals surface area contributed by atoms with Crippen LogP contribution in [0, 0.1) is 0 Å². The second-order valence-electron chi connectivity index (χ2n) is 12.0. The molecule has 3 aromatic rings. The molecule has 0 unspecified atom stereocenters. The SMILES string of the molecule is COCCN1CCN(Cc2ccc(C(=O)N(C)CCN3CCC(OC(=O)Nc4ccccc4-c4ccccc4)CC3)cc2)CC1. The molecule has 9 nitrogen and oxygen atoms in total. The molecule has 0 radical (unpaired) electrons. The Morgan fingerprint density at radius 3 is 2.16 bits per heavy atom. The lowest BCUT2D eigenvalue weighted by molar-refractivity contribution is 0.0540. The monoisotopic (exact) mass is 613 g/mol. The second-order valence-corrected chi connectivity index (χ2v) is 12.0. The molecular weight excluding hydrogens is 566 g/mol. The van der Waals surface area contributed by atoms with Crippen molar-refractivity contribution < 1.29 is 19.1 Å². The molecule has 0 atom stereocenters. The van der Waals surface area contributed by atoms with Crippen molar-refractivity contribution >= 4 is 17.7 Å². The molecule has 2 aliphatic heterocycles. The fourth-order valence-electron chi connectivity index (χ4n) is 6.02. The molecule has 2 saturated heterocycles. The Bertz CT molecular complexity index is 1350. The molecular formula is C36H47N5O4. The summed E-state index contributed by atoms with van der Waals surface area (Å²) in [6.45, 7) is 10.0. The first kappa shape index (κ1) is 32.6. The number of nitrogens with one attached hydrogen (secondary N) is 1. The number of rotatable bonds is 12. The van der Waals surface area contributed by atoms with Crippen LogP contribution < -0.4 is 5.32 Å². The normalized spacial score (nSPS) is 16.8. The third-order valence-electron chi connectivity index (χ3n) is 8.84. The molecule has 0 aromatic heterocycles. The molecule has 9 heteroatoms. The fraction of sp³-hybridized carbons (Fsp3) is 0.444. The van der Waals surface area contributed by atoms with Gasteiger partial charge in [-0.25, -0.2) is 4.79 Å². The van der Waals surface area contributed by atoms with E-state index in [1.165, 1.54) is 5.56 Å². The number of nitrogens with zero attached hydrogens (tertiary/aromatic N) is 4. The third-order valence-corrected chi connectivity index (χ3v) is 8.84. The lowest BCUT2D eigenvalue weighted by Crippen LogP contribution is -2.46. The highest BCUT2D eigenvalue weighted by molar-refractivity contribution is 5.94. The molecule has 0 bridgehead atoms. The summed E-state index contributed by atoms with van der Waals surface area (Å²) in [5, 5.41) is 2.94. The van der Waals surface area contributed by atoms with Gasteiger partial charge in [0.15, 0.2) is 0 Å². The van der Waals surface area contributed by atoms with E-state index in [9.17, 15) is 9.59 Å². The Morgan fingerprint density at radius 2 is 1.44 bits per heavy atom. The predicted molar refractivity (Wildman–Crippen MR) is 178 cm³/mol. The number of methoxy groups -OCH3 is 1. The zero-order valence-corrected chi connectivity index (χ0v) is 26.7. The number of ether oxygens (including phenoxy) is 2. The number of piperazine rings is 1. The minimum atomic E-state index is -0.423. The quantitative estimate of drug-likeness (QED) is 0.311. The summed E-state index contributed by atoms with van der Waals surface area (Å²) >= 11 is 0. The molecule has 5 rings (SSSR count). The number of anilines is 1. The molecule has 2 aliphatic rings. The Morgan fingerprint density at radius 1 is 0.800 bits per heavy atom. The highest BCUT2D eigenvalue weighted by Gasteiger charge is 2.24. The molecule has 2 fully saturated rings. The van der Waals surface area contributed by atoms with Gasteiger partial charge in [-0.1, -0.05) is 60.7 Å². The van der Waals surface area contributed by atoms with Crippen molar-refractivity contribution in [2.75, 3.05) is 85.0 Å². The Labute approximate surface area is 267 Å². The summed E-state index contributed by atoms with van der Waals surface area (Å²) in [6.07, 6.45) is 1.00. The van der Waals surface area contributed by atoms with Gasteiger partial charge in [0.05, 0.1) is 12.3 Å². The van der Waals surface area contributed by atoms with Crippen molar-refractivity contribution in [1.82, 2.24) is 19.6 Å². The predicted octanol–water partition coefficient (Wildman–Crippen LogP) is 4.90. The van der Waals surface area contributed by atoms with Crippen LogP contribution in [-0.4, -0.2) is 117 Å². The molecule has 240 valence electrons. The van der Waals surface area contributed by atoms with E-state index in [-0.39, 0.29) is 12.0 Å². The number of carbonyl (C=O) groups is 2. The number of para-hydroxylation sites is 1. The Balaban J connectivity index is 1.000. The van der Waals surface area contributed by atoms with Gasteiger partial charge in [0.2, 0.25) is 0 Å². The van der Waals surface area contributed by atoms with Gasteiger partial charge >= 0.3 is 6.09 Å². The van der Waals surface area contributed by atoms with E-state index < -0.39 is 6.09 Å². The number of likely N-dealkylation sites (tertiary alicyclic amines) is 1. The second kappa shape index (κ2) is 16.5. The zero-order chi connectivity index (χ0) is 31.4. The number of piperidine rings is 1. The molecule has 3 aromatic carbocycles. The summed E-state index contributed by atoms with van der Waals surface area (Å²) in [5.74, 6) is 0.0407. The number of hydrogen-bond donors (Lipinski definition) is 1. The zero-order valence-electron chi connectivity index (χ0n) is 26.7. The Kier molecular flexibility index (Phi) is 12.0. The van der Waals surface area contributed by atoms with Gasteiger partial charge in [-0.3, -0.25) is 19.9 Å². The highest BCUT2D eigenvalue weighted by Crippen LogP contribution is 2.28. The number of carbonyl (C=O) groups excluding carboxylic acids is 2. The molecule has 0 spiro atoms. The van der Waals surface area contributed by atoms with Gasteiger partial charge in [-0.05, 0) is 42.2 Å². The largest absolute Gasteiger partial charge is 0.446 e. The van der Waals surface area contributed by atoms with Crippen LogP contribution in [0.4, 0.5) is 10.5 Å². The summed E-state index contributed by atoms with van der Waals surface area (Å²) in [5.41, 5.74) is 4.70. The lowest BCUT2D eigenvalue weighted by atomic mass is 10.0. The molecule has 1 N–H and O–H groups in total. The number of benzene rings is 3. The number of likely N-dealkylation sites (N-methyl/N-ethyl adjacent to an activating group) is 1. The summed E-state index contributed by atoms with van der Waals surface area (Å²) in [7, 11) is 3.62. The molecule has 0 saturated carbocycles. The molecule has 2 heterocycles. The van der Waals surface area contributed by atoms with E-state index in [0.717, 1.165) is 101 Å². The van der Waals surface area contributed by atoms with Crippen LogP contribution in [0.2, 0.25) is 0 Å². The summed E-state index contributed by atoms with van der Waals surface area (Å²) in [4.78, 5) is 34.9. The van der Waals surface area contributed by atoms with E-state index >= 15 is 0 Å². The standard InChI is InChI=1S/C36H47N5O4/c1-38(35(42)31-14-12-29(13-15-31)28-41-24-22-40(23-25-41)26-27-44-2)20-21-39-18-16-32(17-19-39)45-36(43)37-34-11-7-6-10-33(34)30-8-4-3-5-9-30/h3-15,32H,16-28H2,1-2H3,(H,37,43). The van der Waals surface area contributed by atoms with E-state index in [4.69, 9.17) is 9.47 Å². The third kappa shape index (κ3) is 9.61. The Hall–Kier alpha value is -3.76. The van der Waals surface area contributed by atoms with Crippen molar-refractivity contribution in [2.24, 2.45) is 0 Å². The number of amides is 2. The van der Waals surface area contributed by atoms with Crippen LogP contribution in [0.15, 0.2) is 78.9 Å². The minimum Gasteiger partial charge on any atom is -0.446 e. The maximum absolute atomic E-state index is 13.1. The average Bonchev–Trinajstić information content (AvgIpc) is 3.08. The van der Waals surface area contributed by atoms with Crippen molar-refractivity contribution in [3.05, 3.63) is 90.0 Å². The van der Waals surface area contributed by atoms with Gasteiger partial charge in [0.25, 0.3) is 5.91 Å². The first-order valence-corrected chi connectivity index (χ1v) is 16.1. The van der Waals surface area contributed by atoms with Crippen molar-refractivity contribution in [2.45, 2.75) is 25.5 Å². The van der Waals surface area contributed by atoms with Crippen LogP contribution in [0.3, 0.4) is 0 Å². The smallest absolute Gasteiger partial charge is 0.411 e. The average molecular weight is 614 g/mol. The maximum atomic E-state index is 13.1. The van der Waals surface area contributed by atoms with Gasteiger partial charge in [-0.2, -0.15) is 0 Å². The van der Waals surface area contributed by atoms with Gasteiger partial charge < -0.3 is 19.3 Å². The molecule has 45 heavy (non-hydrogen) atoms. The van der Waals surface area contributed by atoms with Crippen LogP contribution in [0.5, 0.6) is 0 Å². The van der Waals surface area contributed by atoms with Crippen LogP contribution in [-0.2, 0) is 16.0 Å². The number of hydrogen-bond acceptors (Lipinski definition) is 7. The van der Waals surface area contributed by atoms with Gasteiger partial charge in [0.1, 0.15) is 6.10 Å². The van der Waals surface area contributed by atoms with Crippen LogP contribution >= 0.6 is 0 Å².